The van der Waals surface area contributed by atoms with Gasteiger partial charge in [-0.1, -0.05) is 6.42 Å². The Hall–Kier alpha value is -1.21. The third-order valence-electron chi connectivity index (χ3n) is 4.29. The summed E-state index contributed by atoms with van der Waals surface area (Å²) in [7, 11) is -3.43. The summed E-state index contributed by atoms with van der Waals surface area (Å²) >= 11 is 0. The second-order valence-corrected chi connectivity index (χ2v) is 7.48. The lowest BCUT2D eigenvalue weighted by Crippen LogP contribution is -2.30. The Bertz CT molecular complexity index is 561. The van der Waals surface area contributed by atoms with Gasteiger partial charge in [0.2, 0.25) is 16.0 Å². The second-order valence-electron chi connectivity index (χ2n) is 5.55. The fourth-order valence-electron chi connectivity index (χ4n) is 3.24. The molecular weight excluding hydrogens is 276 g/mol. The number of nitrogens with one attached hydrogen (secondary N) is 1. The first-order chi connectivity index (χ1) is 9.61. The Labute approximate surface area is 119 Å². The van der Waals surface area contributed by atoms with E-state index in [0.717, 1.165) is 12.8 Å². The summed E-state index contributed by atoms with van der Waals surface area (Å²) in [6, 6.07) is 0. The number of anilines is 1. The quantitative estimate of drug-likeness (QED) is 0.907. The van der Waals surface area contributed by atoms with Crippen LogP contribution in [0.1, 0.15) is 26.2 Å². The van der Waals surface area contributed by atoms with Crippen LogP contribution in [0.2, 0.25) is 0 Å². The van der Waals surface area contributed by atoms with Crippen LogP contribution in [-0.2, 0) is 10.0 Å². The van der Waals surface area contributed by atoms with E-state index >= 15 is 0 Å². The van der Waals surface area contributed by atoms with E-state index in [1.807, 2.05) is 6.92 Å². The number of hydrogen-bond acceptors (Lipinski definition) is 5. The van der Waals surface area contributed by atoms with Crippen LogP contribution in [0, 0.1) is 11.8 Å². The Kier molecular flexibility index (Phi) is 3.64. The van der Waals surface area contributed by atoms with E-state index in [0.29, 0.717) is 37.4 Å². The molecule has 6 nitrogen and oxygen atoms in total. The van der Waals surface area contributed by atoms with Gasteiger partial charge in [0.05, 0.1) is 12.4 Å². The van der Waals surface area contributed by atoms with Crippen molar-refractivity contribution in [2.75, 3.05) is 25.0 Å². The highest BCUT2D eigenvalue weighted by atomic mass is 32.2. The molecule has 7 heteroatoms. The Morgan fingerprint density at radius 3 is 2.40 bits per heavy atom. The van der Waals surface area contributed by atoms with Gasteiger partial charge in [-0.3, -0.25) is 0 Å². The maximum absolute atomic E-state index is 12.6. The molecule has 0 bridgehead atoms. The molecule has 1 N–H and O–H groups in total. The maximum atomic E-state index is 12.6. The van der Waals surface area contributed by atoms with Crippen LogP contribution in [-0.4, -0.2) is 42.3 Å². The van der Waals surface area contributed by atoms with Crippen molar-refractivity contribution in [3.63, 3.8) is 0 Å². The summed E-state index contributed by atoms with van der Waals surface area (Å²) in [6.07, 6.45) is 6.35. The highest BCUT2D eigenvalue weighted by molar-refractivity contribution is 7.89. The molecular formula is C13H20N4O2S. The van der Waals surface area contributed by atoms with E-state index in [-0.39, 0.29) is 4.90 Å². The molecule has 0 amide bonds. The van der Waals surface area contributed by atoms with Crippen molar-refractivity contribution in [3.05, 3.63) is 12.4 Å². The Morgan fingerprint density at radius 2 is 1.85 bits per heavy atom. The fourth-order valence-corrected chi connectivity index (χ4v) is 4.68. The van der Waals surface area contributed by atoms with Gasteiger partial charge in [0.1, 0.15) is 4.90 Å². The minimum absolute atomic E-state index is 0.194. The molecule has 110 valence electrons. The lowest BCUT2D eigenvalue weighted by Gasteiger charge is -2.16. The monoisotopic (exact) mass is 296 g/mol. The topological polar surface area (TPSA) is 75.2 Å². The molecule has 0 aromatic carbocycles. The van der Waals surface area contributed by atoms with Gasteiger partial charge in [-0.2, -0.15) is 4.31 Å². The van der Waals surface area contributed by atoms with E-state index in [1.54, 1.807) is 4.31 Å². The van der Waals surface area contributed by atoms with Crippen LogP contribution < -0.4 is 5.32 Å². The largest absolute Gasteiger partial charge is 0.355 e. The minimum Gasteiger partial charge on any atom is -0.355 e. The van der Waals surface area contributed by atoms with Gasteiger partial charge in [0.15, 0.2) is 0 Å². The van der Waals surface area contributed by atoms with Crippen LogP contribution in [0.3, 0.4) is 0 Å². The van der Waals surface area contributed by atoms with Gasteiger partial charge in [-0.15, -0.1) is 0 Å². The summed E-state index contributed by atoms with van der Waals surface area (Å²) in [4.78, 5) is 8.29. The van der Waals surface area contributed by atoms with Gasteiger partial charge < -0.3 is 5.32 Å². The summed E-state index contributed by atoms with van der Waals surface area (Å²) in [6.45, 7) is 3.96. The zero-order valence-corrected chi connectivity index (χ0v) is 12.4. The molecule has 1 saturated heterocycles. The Balaban J connectivity index is 1.78. The van der Waals surface area contributed by atoms with Crippen molar-refractivity contribution in [1.82, 2.24) is 14.3 Å². The number of rotatable bonds is 4. The van der Waals surface area contributed by atoms with E-state index in [4.69, 9.17) is 0 Å². The third kappa shape index (κ3) is 2.40. The molecule has 0 spiro atoms. The number of hydrogen-bond donors (Lipinski definition) is 1. The first-order valence-corrected chi connectivity index (χ1v) is 8.61. The zero-order valence-electron chi connectivity index (χ0n) is 11.6. The maximum Gasteiger partial charge on any atom is 0.246 e. The highest BCUT2D eigenvalue weighted by Gasteiger charge is 2.41. The van der Waals surface area contributed by atoms with Crippen molar-refractivity contribution in [3.8, 4) is 0 Å². The molecule has 2 atom stereocenters. The lowest BCUT2D eigenvalue weighted by molar-refractivity contribution is 0.445. The average molecular weight is 296 g/mol. The standard InChI is InChI=1S/C13H20N4O2S/c1-2-14-13-15-6-12(7-16-13)20(18,19)17-8-10-4-3-5-11(10)9-17/h6-7,10-11H,2-5,8-9H2,1H3,(H,14,15,16). The molecule has 20 heavy (non-hydrogen) atoms. The van der Waals surface area contributed by atoms with E-state index in [2.05, 4.69) is 15.3 Å². The first kappa shape index (κ1) is 13.8. The normalized spacial score (nSPS) is 26.6. The van der Waals surface area contributed by atoms with Gasteiger partial charge >= 0.3 is 0 Å². The number of aromatic nitrogens is 2. The molecule has 2 fully saturated rings. The average Bonchev–Trinajstić information content (AvgIpc) is 3.00. The highest BCUT2D eigenvalue weighted by Crippen LogP contribution is 2.39. The Morgan fingerprint density at radius 1 is 1.25 bits per heavy atom. The lowest BCUT2D eigenvalue weighted by atomic mass is 10.0. The van der Waals surface area contributed by atoms with Crippen molar-refractivity contribution < 1.29 is 8.42 Å². The number of fused-ring (bicyclic) bond motifs is 1. The summed E-state index contributed by atoms with van der Waals surface area (Å²) < 4.78 is 26.7. The molecule has 1 saturated carbocycles. The molecule has 1 aromatic heterocycles. The van der Waals surface area contributed by atoms with Crippen LogP contribution in [0.5, 0.6) is 0 Å². The fraction of sp³-hybridized carbons (Fsp3) is 0.692. The number of nitrogens with zero attached hydrogens (tertiary/aromatic N) is 3. The van der Waals surface area contributed by atoms with Crippen molar-refractivity contribution in [2.45, 2.75) is 31.1 Å². The van der Waals surface area contributed by atoms with Crippen LogP contribution in [0.4, 0.5) is 5.95 Å². The molecule has 3 rings (SSSR count). The van der Waals surface area contributed by atoms with Crippen molar-refractivity contribution in [1.29, 1.82) is 0 Å². The van der Waals surface area contributed by atoms with E-state index in [9.17, 15) is 8.42 Å². The van der Waals surface area contributed by atoms with Gasteiger partial charge in [-0.05, 0) is 31.6 Å². The van der Waals surface area contributed by atoms with Crippen molar-refractivity contribution >= 4 is 16.0 Å². The van der Waals surface area contributed by atoms with Crippen LogP contribution in [0.15, 0.2) is 17.3 Å². The predicted octanol–water partition coefficient (Wildman–Crippen LogP) is 1.33. The molecule has 2 unspecified atom stereocenters. The molecule has 2 heterocycles. The SMILES string of the molecule is CCNc1ncc(S(=O)(=O)N2CC3CCCC3C2)cn1. The smallest absolute Gasteiger partial charge is 0.246 e. The minimum atomic E-state index is -3.43. The van der Waals surface area contributed by atoms with Crippen molar-refractivity contribution in [2.24, 2.45) is 11.8 Å². The van der Waals surface area contributed by atoms with Crippen LogP contribution in [0.25, 0.3) is 0 Å². The molecule has 2 aliphatic rings. The second kappa shape index (κ2) is 5.29. The summed E-state index contributed by atoms with van der Waals surface area (Å²) in [5.41, 5.74) is 0. The van der Waals surface area contributed by atoms with Gasteiger partial charge in [-0.25, -0.2) is 18.4 Å². The van der Waals surface area contributed by atoms with E-state index in [1.165, 1.54) is 18.8 Å². The van der Waals surface area contributed by atoms with E-state index < -0.39 is 10.0 Å². The molecule has 1 aliphatic heterocycles. The first-order valence-electron chi connectivity index (χ1n) is 7.17. The molecule has 0 radical (unpaired) electrons. The predicted molar refractivity (Wildman–Crippen MR) is 75.8 cm³/mol. The van der Waals surface area contributed by atoms with Gasteiger partial charge in [0, 0.05) is 19.6 Å². The van der Waals surface area contributed by atoms with Crippen LogP contribution >= 0.6 is 0 Å². The number of sulfonamides is 1. The zero-order chi connectivity index (χ0) is 14.2. The summed E-state index contributed by atoms with van der Waals surface area (Å²) in [5, 5.41) is 2.96. The molecule has 1 aromatic rings. The summed E-state index contributed by atoms with van der Waals surface area (Å²) in [5.74, 6) is 1.56. The van der Waals surface area contributed by atoms with Gasteiger partial charge in [0.25, 0.3) is 0 Å². The third-order valence-corrected chi connectivity index (χ3v) is 6.08. The molecule has 1 aliphatic carbocycles.